The van der Waals surface area contributed by atoms with Crippen LogP contribution in [0.3, 0.4) is 0 Å². The van der Waals surface area contributed by atoms with Crippen molar-refractivity contribution >= 4 is 11.7 Å². The van der Waals surface area contributed by atoms with E-state index >= 15 is 0 Å². The first kappa shape index (κ1) is 17.8. The number of amides is 2. The van der Waals surface area contributed by atoms with E-state index in [1.165, 1.54) is 0 Å². The molecule has 3 aliphatic heterocycles. The van der Waals surface area contributed by atoms with Gasteiger partial charge in [0.25, 0.3) is 0 Å². The lowest BCUT2D eigenvalue weighted by atomic mass is 9.87. The molecular formula is C21H26N4O2. The number of piperidine rings is 1. The van der Waals surface area contributed by atoms with Crippen LogP contribution in [0.4, 0.5) is 10.5 Å². The minimum absolute atomic E-state index is 0.00580. The van der Waals surface area contributed by atoms with E-state index in [9.17, 15) is 4.79 Å². The van der Waals surface area contributed by atoms with Crippen molar-refractivity contribution < 1.29 is 9.53 Å². The third-order valence-electron chi connectivity index (χ3n) is 5.25. The van der Waals surface area contributed by atoms with E-state index in [1.807, 2.05) is 49.1 Å². The normalized spacial score (nSPS) is 21.5. The van der Waals surface area contributed by atoms with Gasteiger partial charge in [-0.05, 0) is 56.7 Å². The van der Waals surface area contributed by atoms with Crippen molar-refractivity contribution in [1.29, 1.82) is 0 Å². The average molecular weight is 366 g/mol. The smallest absolute Gasteiger partial charge is 0.322 e. The van der Waals surface area contributed by atoms with Gasteiger partial charge in [-0.1, -0.05) is 6.07 Å². The molecule has 0 aliphatic carbocycles. The Balaban J connectivity index is 1.32. The lowest BCUT2D eigenvalue weighted by Crippen LogP contribution is -2.70. The molecule has 1 N–H and O–H groups in total. The molecule has 2 unspecified atom stereocenters. The summed E-state index contributed by atoms with van der Waals surface area (Å²) in [6.45, 7) is 7.27. The van der Waals surface area contributed by atoms with Crippen LogP contribution in [0.1, 0.15) is 24.7 Å². The van der Waals surface area contributed by atoms with Crippen LogP contribution < -0.4 is 10.1 Å². The molecule has 1 aromatic heterocycles. The highest BCUT2D eigenvalue weighted by atomic mass is 16.5. The summed E-state index contributed by atoms with van der Waals surface area (Å²) in [5.74, 6) is 0.816. The summed E-state index contributed by atoms with van der Waals surface area (Å²) in [6, 6.07) is 14.2. The molecule has 4 heterocycles. The number of anilines is 1. The topological polar surface area (TPSA) is 57.7 Å². The fourth-order valence-electron chi connectivity index (χ4n) is 4.06. The van der Waals surface area contributed by atoms with Crippen LogP contribution in [-0.2, 0) is 6.54 Å². The molecule has 2 atom stereocenters. The molecule has 27 heavy (non-hydrogen) atoms. The van der Waals surface area contributed by atoms with Crippen molar-refractivity contribution in [2.45, 2.75) is 38.9 Å². The van der Waals surface area contributed by atoms with Gasteiger partial charge in [-0.15, -0.1) is 0 Å². The molecule has 3 saturated heterocycles. The summed E-state index contributed by atoms with van der Waals surface area (Å²) in [7, 11) is 0. The van der Waals surface area contributed by atoms with Crippen LogP contribution in [0.5, 0.6) is 5.75 Å². The minimum Gasteiger partial charge on any atom is -0.494 e. The SMILES string of the molecule is CCOc1ccc(NC(=O)N2C3CC2CN(Cc2cccc(C)n2)C3)cc1. The predicted octanol–water partition coefficient (Wildman–Crippen LogP) is 3.28. The standard InChI is InChI=1S/C21H26N4O2/c1-3-27-20-9-7-16(8-10-20)23-21(26)25-18-11-19(25)14-24(13-18)12-17-6-4-5-15(2)22-17/h4-10,18-19H,3,11-14H2,1-2H3,(H,23,26). The van der Waals surface area contributed by atoms with Crippen LogP contribution in [0, 0.1) is 6.92 Å². The van der Waals surface area contributed by atoms with Crippen LogP contribution >= 0.6 is 0 Å². The monoisotopic (exact) mass is 366 g/mol. The van der Waals surface area contributed by atoms with E-state index in [-0.39, 0.29) is 18.1 Å². The Kier molecular flexibility index (Phi) is 4.99. The number of fused-ring (bicyclic) bond motifs is 2. The lowest BCUT2D eigenvalue weighted by molar-refractivity contribution is -0.0356. The molecule has 142 valence electrons. The molecule has 0 radical (unpaired) electrons. The molecule has 0 saturated carbocycles. The number of carbonyl (C=O) groups is 1. The first-order chi connectivity index (χ1) is 13.1. The molecule has 6 heteroatoms. The van der Waals surface area contributed by atoms with Gasteiger partial charge in [0.1, 0.15) is 5.75 Å². The predicted molar refractivity (Wildman–Crippen MR) is 105 cm³/mol. The minimum atomic E-state index is -0.00580. The number of aryl methyl sites for hydroxylation is 1. The third kappa shape index (κ3) is 3.90. The van der Waals surface area contributed by atoms with Gasteiger partial charge in [-0.3, -0.25) is 9.88 Å². The quantitative estimate of drug-likeness (QED) is 0.882. The summed E-state index contributed by atoms with van der Waals surface area (Å²) in [5.41, 5.74) is 2.95. The van der Waals surface area contributed by atoms with Crippen LogP contribution in [0.2, 0.25) is 0 Å². The molecule has 6 nitrogen and oxygen atoms in total. The fraction of sp³-hybridized carbons (Fsp3) is 0.429. The molecule has 2 amide bonds. The zero-order chi connectivity index (χ0) is 18.8. The zero-order valence-corrected chi connectivity index (χ0v) is 15.9. The first-order valence-electron chi connectivity index (χ1n) is 9.59. The number of benzene rings is 1. The Morgan fingerprint density at radius 1 is 1.19 bits per heavy atom. The van der Waals surface area contributed by atoms with E-state index in [2.05, 4.69) is 27.3 Å². The summed E-state index contributed by atoms with van der Waals surface area (Å²) in [5, 5.41) is 3.01. The van der Waals surface area contributed by atoms with Crippen LogP contribution in [0.25, 0.3) is 0 Å². The highest BCUT2D eigenvalue weighted by Crippen LogP contribution is 2.33. The largest absolute Gasteiger partial charge is 0.494 e. The maximum Gasteiger partial charge on any atom is 0.322 e. The summed E-state index contributed by atoms with van der Waals surface area (Å²) >= 11 is 0. The van der Waals surface area contributed by atoms with Crippen molar-refractivity contribution in [2.75, 3.05) is 25.0 Å². The van der Waals surface area contributed by atoms with E-state index in [4.69, 9.17) is 4.74 Å². The second kappa shape index (κ2) is 7.56. The third-order valence-corrected chi connectivity index (χ3v) is 5.25. The van der Waals surface area contributed by atoms with E-state index < -0.39 is 0 Å². The van der Waals surface area contributed by atoms with Gasteiger partial charge in [0.2, 0.25) is 0 Å². The number of nitrogens with one attached hydrogen (secondary N) is 1. The number of hydrogen-bond acceptors (Lipinski definition) is 4. The Labute approximate surface area is 160 Å². The molecule has 3 fully saturated rings. The molecule has 2 aromatic rings. The average Bonchev–Trinajstić information content (AvgIpc) is 2.63. The highest BCUT2D eigenvalue weighted by molar-refractivity contribution is 5.90. The molecule has 0 spiro atoms. The second-order valence-electron chi connectivity index (χ2n) is 7.30. The van der Waals surface area contributed by atoms with Gasteiger partial charge in [0.05, 0.1) is 12.3 Å². The molecular weight excluding hydrogens is 340 g/mol. The maximum absolute atomic E-state index is 12.7. The van der Waals surface area contributed by atoms with Gasteiger partial charge in [-0.25, -0.2) is 4.79 Å². The molecule has 2 bridgehead atoms. The number of nitrogens with zero attached hydrogens (tertiary/aromatic N) is 3. The van der Waals surface area contributed by atoms with Crippen LogP contribution in [0.15, 0.2) is 42.5 Å². The van der Waals surface area contributed by atoms with Crippen LogP contribution in [-0.4, -0.2) is 52.6 Å². The van der Waals surface area contributed by atoms with Gasteiger partial charge in [0, 0.05) is 43.1 Å². The molecule has 3 aliphatic rings. The van der Waals surface area contributed by atoms with Crippen molar-refractivity contribution in [1.82, 2.24) is 14.8 Å². The number of pyridine rings is 1. The number of carbonyl (C=O) groups excluding carboxylic acids is 1. The number of ether oxygens (including phenoxy) is 1. The Hall–Kier alpha value is -2.60. The van der Waals surface area contributed by atoms with E-state index in [0.717, 1.165) is 48.9 Å². The zero-order valence-electron chi connectivity index (χ0n) is 15.9. The number of piperazine rings is 1. The maximum atomic E-state index is 12.7. The van der Waals surface area contributed by atoms with Crippen molar-refractivity contribution in [3.63, 3.8) is 0 Å². The second-order valence-corrected chi connectivity index (χ2v) is 7.30. The van der Waals surface area contributed by atoms with Crippen molar-refractivity contribution in [2.24, 2.45) is 0 Å². The fourth-order valence-corrected chi connectivity index (χ4v) is 4.06. The van der Waals surface area contributed by atoms with E-state index in [1.54, 1.807) is 0 Å². The van der Waals surface area contributed by atoms with Gasteiger partial charge < -0.3 is 15.0 Å². The summed E-state index contributed by atoms with van der Waals surface area (Å²) < 4.78 is 5.44. The van der Waals surface area contributed by atoms with Gasteiger partial charge >= 0.3 is 6.03 Å². The van der Waals surface area contributed by atoms with Crippen molar-refractivity contribution in [3.05, 3.63) is 53.9 Å². The Morgan fingerprint density at radius 3 is 2.59 bits per heavy atom. The lowest BCUT2D eigenvalue weighted by Gasteiger charge is -2.56. The number of urea groups is 1. The van der Waals surface area contributed by atoms with Gasteiger partial charge in [0.15, 0.2) is 0 Å². The summed E-state index contributed by atoms with van der Waals surface area (Å²) in [4.78, 5) is 21.7. The summed E-state index contributed by atoms with van der Waals surface area (Å²) in [6.07, 6.45) is 1.09. The van der Waals surface area contributed by atoms with E-state index in [0.29, 0.717) is 6.61 Å². The number of hydrogen-bond donors (Lipinski definition) is 1. The molecule has 1 aromatic carbocycles. The first-order valence-corrected chi connectivity index (χ1v) is 9.59. The Bertz CT molecular complexity index is 796. The van der Waals surface area contributed by atoms with Crippen molar-refractivity contribution in [3.8, 4) is 5.75 Å². The highest BCUT2D eigenvalue weighted by Gasteiger charge is 2.47. The number of aromatic nitrogens is 1. The van der Waals surface area contributed by atoms with Gasteiger partial charge in [-0.2, -0.15) is 0 Å². The molecule has 5 rings (SSSR count). The Morgan fingerprint density at radius 2 is 1.93 bits per heavy atom. The number of rotatable bonds is 5.